The average molecular weight is 309 g/mol. The van der Waals surface area contributed by atoms with Gasteiger partial charge in [-0.05, 0) is 39.5 Å². The van der Waals surface area contributed by atoms with Crippen molar-refractivity contribution in [2.75, 3.05) is 25.0 Å². The van der Waals surface area contributed by atoms with Gasteiger partial charge in [0, 0.05) is 44.2 Å². The summed E-state index contributed by atoms with van der Waals surface area (Å²) in [7, 11) is 2.14. The summed E-state index contributed by atoms with van der Waals surface area (Å²) in [5, 5.41) is 0.577. The summed E-state index contributed by atoms with van der Waals surface area (Å²) in [6, 6.07) is 3.10. The molecule has 0 aromatic carbocycles. The van der Waals surface area contributed by atoms with E-state index in [0.29, 0.717) is 23.2 Å². The maximum absolute atomic E-state index is 6.18. The van der Waals surface area contributed by atoms with E-state index in [0.717, 1.165) is 11.6 Å². The van der Waals surface area contributed by atoms with Crippen molar-refractivity contribution in [3.05, 3.63) is 17.0 Å². The van der Waals surface area contributed by atoms with E-state index < -0.39 is 0 Å². The van der Waals surface area contributed by atoms with Crippen LogP contribution in [-0.4, -0.2) is 47.1 Å². The zero-order valence-electron chi connectivity index (χ0n) is 13.2. The van der Waals surface area contributed by atoms with Crippen molar-refractivity contribution in [1.82, 2.24) is 14.9 Å². The number of nitrogens with zero attached hydrogens (tertiary/aromatic N) is 4. The molecule has 2 heterocycles. The number of halogens is 1. The molecular weight excluding hydrogens is 284 g/mol. The first-order chi connectivity index (χ1) is 10.0. The van der Waals surface area contributed by atoms with Gasteiger partial charge in [-0.15, -0.1) is 0 Å². The van der Waals surface area contributed by atoms with E-state index in [4.69, 9.17) is 16.6 Å². The number of anilines is 1. The van der Waals surface area contributed by atoms with Gasteiger partial charge in [-0.1, -0.05) is 11.6 Å². The zero-order valence-corrected chi connectivity index (χ0v) is 14.0. The Hall–Kier alpha value is -0.870. The van der Waals surface area contributed by atoms with Crippen molar-refractivity contribution < 1.29 is 0 Å². The highest BCUT2D eigenvalue weighted by molar-refractivity contribution is 6.29. The minimum atomic E-state index is 0.540. The molecule has 3 rings (SSSR count). The van der Waals surface area contributed by atoms with Gasteiger partial charge in [0.05, 0.1) is 0 Å². The third kappa shape index (κ3) is 3.49. The zero-order chi connectivity index (χ0) is 15.0. The topological polar surface area (TPSA) is 32.3 Å². The Morgan fingerprint density at radius 3 is 2.43 bits per heavy atom. The molecule has 0 amide bonds. The largest absolute Gasteiger partial charge is 0.356 e. The van der Waals surface area contributed by atoms with Crippen LogP contribution < -0.4 is 4.90 Å². The van der Waals surface area contributed by atoms with Crippen LogP contribution in [0.25, 0.3) is 0 Å². The fourth-order valence-corrected chi connectivity index (χ4v) is 3.29. The molecule has 0 N–H and O–H groups in total. The molecule has 2 aliphatic rings. The van der Waals surface area contributed by atoms with E-state index in [1.54, 1.807) is 0 Å². The first kappa shape index (κ1) is 15.0. The number of rotatable bonds is 4. The maximum Gasteiger partial charge on any atom is 0.135 e. The highest BCUT2D eigenvalue weighted by Gasteiger charge is 2.29. The summed E-state index contributed by atoms with van der Waals surface area (Å²) in [5.74, 6) is 2.46. The van der Waals surface area contributed by atoms with Crippen molar-refractivity contribution >= 4 is 17.4 Å². The lowest BCUT2D eigenvalue weighted by molar-refractivity contribution is 0.171. The van der Waals surface area contributed by atoms with Gasteiger partial charge in [0.25, 0.3) is 0 Å². The van der Waals surface area contributed by atoms with Crippen LogP contribution in [0.5, 0.6) is 0 Å². The fraction of sp³-hybridized carbons (Fsp3) is 0.750. The molecule has 0 radical (unpaired) electrons. The molecule has 4 nitrogen and oxygen atoms in total. The summed E-state index contributed by atoms with van der Waals surface area (Å²) in [4.78, 5) is 14.0. The average Bonchev–Trinajstić information content (AvgIpc) is 3.30. The molecule has 1 aliphatic heterocycles. The second-order valence-corrected chi connectivity index (χ2v) is 7.04. The Bertz CT molecular complexity index is 493. The molecule has 1 aliphatic carbocycles. The minimum Gasteiger partial charge on any atom is -0.356 e. The lowest BCUT2D eigenvalue weighted by atomic mass is 10.0. The van der Waals surface area contributed by atoms with Gasteiger partial charge >= 0.3 is 0 Å². The highest BCUT2D eigenvalue weighted by atomic mass is 35.5. The van der Waals surface area contributed by atoms with Crippen molar-refractivity contribution in [3.8, 4) is 0 Å². The Balaban J connectivity index is 1.69. The third-order valence-electron chi connectivity index (χ3n) is 4.78. The molecule has 116 valence electrons. The van der Waals surface area contributed by atoms with Crippen molar-refractivity contribution in [2.45, 2.75) is 57.5 Å². The first-order valence-corrected chi connectivity index (χ1v) is 8.43. The molecule has 0 atom stereocenters. The second-order valence-electron chi connectivity index (χ2n) is 6.65. The number of hydrogen-bond donors (Lipinski definition) is 0. The van der Waals surface area contributed by atoms with Crippen molar-refractivity contribution in [1.29, 1.82) is 0 Å². The normalized spacial score (nSPS) is 21.0. The van der Waals surface area contributed by atoms with Gasteiger partial charge in [-0.25, -0.2) is 9.97 Å². The molecule has 0 bridgehead atoms. The van der Waals surface area contributed by atoms with E-state index in [2.05, 4.69) is 35.7 Å². The van der Waals surface area contributed by atoms with E-state index in [-0.39, 0.29) is 0 Å². The minimum absolute atomic E-state index is 0.540. The summed E-state index contributed by atoms with van der Waals surface area (Å²) in [6.07, 6.45) is 4.79. The van der Waals surface area contributed by atoms with E-state index in [9.17, 15) is 0 Å². The van der Waals surface area contributed by atoms with Crippen molar-refractivity contribution in [3.63, 3.8) is 0 Å². The summed E-state index contributed by atoms with van der Waals surface area (Å²) < 4.78 is 0. The monoisotopic (exact) mass is 308 g/mol. The van der Waals surface area contributed by atoms with Crippen LogP contribution in [0.1, 0.15) is 51.3 Å². The molecule has 0 unspecified atom stereocenters. The van der Waals surface area contributed by atoms with Gasteiger partial charge in [0.1, 0.15) is 16.8 Å². The SMILES string of the molecule is CC(C)N1CCC(N(C)c2cc(Cl)nc(C3CC3)n2)CC1. The quantitative estimate of drug-likeness (QED) is 0.799. The molecule has 1 saturated heterocycles. The van der Waals surface area contributed by atoms with E-state index in [1.807, 2.05) is 6.07 Å². The molecule has 5 heteroatoms. The van der Waals surface area contributed by atoms with E-state index in [1.165, 1.54) is 38.8 Å². The van der Waals surface area contributed by atoms with Crippen LogP contribution in [0.3, 0.4) is 0 Å². The molecular formula is C16H25ClN4. The van der Waals surface area contributed by atoms with Gasteiger partial charge in [-0.2, -0.15) is 0 Å². The van der Waals surface area contributed by atoms with Crippen LogP contribution in [0.4, 0.5) is 5.82 Å². The van der Waals surface area contributed by atoms with Gasteiger partial charge in [0.2, 0.25) is 0 Å². The highest BCUT2D eigenvalue weighted by Crippen LogP contribution is 2.39. The Morgan fingerprint density at radius 1 is 1.19 bits per heavy atom. The van der Waals surface area contributed by atoms with Crippen LogP contribution in [0.2, 0.25) is 5.15 Å². The fourth-order valence-electron chi connectivity index (χ4n) is 3.10. The number of piperidine rings is 1. The molecule has 21 heavy (non-hydrogen) atoms. The van der Waals surface area contributed by atoms with Crippen LogP contribution in [0, 0.1) is 0 Å². The number of hydrogen-bond acceptors (Lipinski definition) is 4. The van der Waals surface area contributed by atoms with Crippen LogP contribution in [0.15, 0.2) is 6.07 Å². The summed E-state index contributed by atoms with van der Waals surface area (Å²) in [5.41, 5.74) is 0. The molecule has 0 spiro atoms. The van der Waals surface area contributed by atoms with Crippen molar-refractivity contribution in [2.24, 2.45) is 0 Å². The first-order valence-electron chi connectivity index (χ1n) is 8.06. The standard InChI is InChI=1S/C16H25ClN4/c1-11(2)21-8-6-13(7-9-21)20(3)15-10-14(17)18-16(19-15)12-4-5-12/h10-13H,4-9H2,1-3H3. The smallest absolute Gasteiger partial charge is 0.135 e. The van der Waals surface area contributed by atoms with Crippen LogP contribution in [-0.2, 0) is 0 Å². The number of likely N-dealkylation sites (tertiary alicyclic amines) is 1. The Kier molecular flexibility index (Phi) is 4.36. The predicted molar refractivity (Wildman–Crippen MR) is 87.2 cm³/mol. The molecule has 1 saturated carbocycles. The third-order valence-corrected chi connectivity index (χ3v) is 4.97. The summed E-state index contributed by atoms with van der Waals surface area (Å²) in [6.45, 7) is 6.88. The molecule has 1 aromatic heterocycles. The van der Waals surface area contributed by atoms with E-state index >= 15 is 0 Å². The Labute approximate surface area is 132 Å². The number of aromatic nitrogens is 2. The lowest BCUT2D eigenvalue weighted by Gasteiger charge is -2.39. The van der Waals surface area contributed by atoms with Gasteiger partial charge in [0.15, 0.2) is 0 Å². The Morgan fingerprint density at radius 2 is 1.86 bits per heavy atom. The second kappa shape index (κ2) is 6.09. The van der Waals surface area contributed by atoms with Gasteiger partial charge < -0.3 is 9.80 Å². The lowest BCUT2D eigenvalue weighted by Crippen LogP contribution is -2.46. The predicted octanol–water partition coefficient (Wildman–Crippen LogP) is 3.32. The molecule has 1 aromatic rings. The summed E-state index contributed by atoms with van der Waals surface area (Å²) >= 11 is 6.18. The van der Waals surface area contributed by atoms with Crippen LogP contribution >= 0.6 is 11.6 Å². The molecule has 2 fully saturated rings. The maximum atomic E-state index is 6.18. The van der Waals surface area contributed by atoms with Gasteiger partial charge in [-0.3, -0.25) is 0 Å².